The van der Waals surface area contributed by atoms with Crippen LogP contribution < -0.4 is 11.1 Å². The Balaban J connectivity index is 1.67. The summed E-state index contributed by atoms with van der Waals surface area (Å²) in [5, 5.41) is 3.39. The zero-order valence-corrected chi connectivity index (χ0v) is 13.8. The molecule has 0 unspecified atom stereocenters. The van der Waals surface area contributed by atoms with E-state index in [9.17, 15) is 0 Å². The summed E-state index contributed by atoms with van der Waals surface area (Å²) in [5.74, 6) is 0.611. The zero-order chi connectivity index (χ0) is 15.6. The van der Waals surface area contributed by atoms with Crippen LogP contribution in [-0.4, -0.2) is 37.0 Å². The highest BCUT2D eigenvalue weighted by molar-refractivity contribution is 5.78. The molecule has 1 aromatic carbocycles. The summed E-state index contributed by atoms with van der Waals surface area (Å²) in [6.07, 6.45) is 7.79. The summed E-state index contributed by atoms with van der Waals surface area (Å²) in [6, 6.07) is 11.0. The molecule has 0 atom stereocenters. The second kappa shape index (κ2) is 9.46. The van der Waals surface area contributed by atoms with Crippen molar-refractivity contribution in [1.82, 2.24) is 10.2 Å². The number of hydrogen-bond acceptors (Lipinski definition) is 2. The Bertz CT molecular complexity index is 436. The lowest BCUT2D eigenvalue weighted by atomic mass is 10.1. The van der Waals surface area contributed by atoms with Crippen molar-refractivity contribution in [3.8, 4) is 0 Å². The monoisotopic (exact) mass is 302 g/mol. The molecule has 2 rings (SSSR count). The number of guanidine groups is 1. The van der Waals surface area contributed by atoms with Crippen molar-refractivity contribution >= 4 is 5.96 Å². The van der Waals surface area contributed by atoms with E-state index in [2.05, 4.69) is 46.5 Å². The van der Waals surface area contributed by atoms with Crippen LogP contribution in [0.3, 0.4) is 0 Å². The maximum atomic E-state index is 6.01. The standard InChI is InChI=1S/C18H30N4/c1-22(15-16-9-5-4-6-10-16)14-13-20-18(19)21-17-11-7-2-3-8-12-17/h4-6,9-10,17H,2-3,7-8,11-15H2,1H3,(H3,19,20,21). The Labute approximate surface area is 134 Å². The van der Waals surface area contributed by atoms with Crippen LogP contribution in [0, 0.1) is 0 Å². The molecule has 0 heterocycles. The van der Waals surface area contributed by atoms with E-state index in [4.69, 9.17) is 5.73 Å². The normalized spacial score (nSPS) is 17.5. The largest absolute Gasteiger partial charge is 0.370 e. The molecule has 0 bridgehead atoms. The molecule has 4 nitrogen and oxygen atoms in total. The summed E-state index contributed by atoms with van der Waals surface area (Å²) < 4.78 is 0. The SMILES string of the molecule is CN(CCN=C(N)NC1CCCCCC1)Cc1ccccc1. The number of nitrogens with two attached hydrogens (primary N) is 1. The molecular weight excluding hydrogens is 272 g/mol. The van der Waals surface area contributed by atoms with Gasteiger partial charge in [0.2, 0.25) is 0 Å². The zero-order valence-electron chi connectivity index (χ0n) is 13.8. The molecule has 0 aliphatic heterocycles. The highest BCUT2D eigenvalue weighted by atomic mass is 15.1. The lowest BCUT2D eigenvalue weighted by molar-refractivity contribution is 0.336. The predicted molar refractivity (Wildman–Crippen MR) is 93.9 cm³/mol. The summed E-state index contributed by atoms with van der Waals surface area (Å²) in [5.41, 5.74) is 7.35. The minimum atomic E-state index is 0.522. The average Bonchev–Trinajstić information content (AvgIpc) is 2.77. The topological polar surface area (TPSA) is 53.6 Å². The summed E-state index contributed by atoms with van der Waals surface area (Å²) in [6.45, 7) is 2.61. The van der Waals surface area contributed by atoms with E-state index in [1.54, 1.807) is 0 Å². The van der Waals surface area contributed by atoms with E-state index in [1.165, 1.54) is 44.1 Å². The molecule has 1 aliphatic carbocycles. The first-order chi connectivity index (χ1) is 10.7. The summed E-state index contributed by atoms with van der Waals surface area (Å²) in [4.78, 5) is 6.75. The molecule has 0 amide bonds. The smallest absolute Gasteiger partial charge is 0.188 e. The Morgan fingerprint density at radius 2 is 1.86 bits per heavy atom. The molecule has 1 aromatic rings. The van der Waals surface area contributed by atoms with Crippen LogP contribution >= 0.6 is 0 Å². The lowest BCUT2D eigenvalue weighted by Crippen LogP contribution is -2.40. The number of likely N-dealkylation sites (N-methyl/N-ethyl adjacent to an activating group) is 1. The van der Waals surface area contributed by atoms with Crippen molar-refractivity contribution in [2.24, 2.45) is 10.7 Å². The van der Waals surface area contributed by atoms with Crippen LogP contribution in [0.1, 0.15) is 44.1 Å². The maximum absolute atomic E-state index is 6.01. The molecule has 22 heavy (non-hydrogen) atoms. The Morgan fingerprint density at radius 1 is 1.18 bits per heavy atom. The van der Waals surface area contributed by atoms with Crippen molar-refractivity contribution in [2.45, 2.75) is 51.1 Å². The van der Waals surface area contributed by atoms with Gasteiger partial charge < -0.3 is 16.0 Å². The molecule has 3 N–H and O–H groups in total. The van der Waals surface area contributed by atoms with Crippen LogP contribution in [0.5, 0.6) is 0 Å². The number of rotatable bonds is 6. The van der Waals surface area contributed by atoms with Gasteiger partial charge in [-0.2, -0.15) is 0 Å². The van der Waals surface area contributed by atoms with Crippen LogP contribution in [0.2, 0.25) is 0 Å². The van der Waals surface area contributed by atoms with Crippen molar-refractivity contribution in [3.05, 3.63) is 35.9 Å². The van der Waals surface area contributed by atoms with Crippen molar-refractivity contribution < 1.29 is 0 Å². The minimum absolute atomic E-state index is 0.522. The molecular formula is C18H30N4. The fraction of sp³-hybridized carbons (Fsp3) is 0.611. The Morgan fingerprint density at radius 3 is 2.55 bits per heavy atom. The first-order valence-corrected chi connectivity index (χ1v) is 8.53. The molecule has 0 spiro atoms. The van der Waals surface area contributed by atoms with Gasteiger partial charge in [-0.05, 0) is 25.5 Å². The van der Waals surface area contributed by atoms with Crippen LogP contribution in [-0.2, 0) is 6.54 Å². The first kappa shape index (κ1) is 16.8. The molecule has 1 saturated carbocycles. The van der Waals surface area contributed by atoms with Gasteiger partial charge in [0.1, 0.15) is 0 Å². The van der Waals surface area contributed by atoms with E-state index in [0.29, 0.717) is 12.0 Å². The van der Waals surface area contributed by atoms with E-state index < -0.39 is 0 Å². The minimum Gasteiger partial charge on any atom is -0.370 e. The number of hydrogen-bond donors (Lipinski definition) is 2. The van der Waals surface area contributed by atoms with Crippen LogP contribution in [0.15, 0.2) is 35.3 Å². The van der Waals surface area contributed by atoms with Gasteiger partial charge >= 0.3 is 0 Å². The number of aliphatic imine (C=N–C) groups is 1. The molecule has 0 aromatic heterocycles. The predicted octanol–water partition coefficient (Wildman–Crippen LogP) is 2.75. The Hall–Kier alpha value is -1.55. The fourth-order valence-electron chi connectivity index (χ4n) is 2.99. The van der Waals surface area contributed by atoms with E-state index >= 15 is 0 Å². The van der Waals surface area contributed by atoms with Gasteiger partial charge in [0.05, 0.1) is 6.54 Å². The van der Waals surface area contributed by atoms with E-state index in [-0.39, 0.29) is 0 Å². The van der Waals surface area contributed by atoms with Gasteiger partial charge in [0.15, 0.2) is 5.96 Å². The fourth-order valence-corrected chi connectivity index (χ4v) is 2.99. The Kier molecular flexibility index (Phi) is 7.23. The summed E-state index contributed by atoms with van der Waals surface area (Å²) >= 11 is 0. The highest BCUT2D eigenvalue weighted by Crippen LogP contribution is 2.16. The maximum Gasteiger partial charge on any atom is 0.188 e. The first-order valence-electron chi connectivity index (χ1n) is 8.53. The molecule has 0 radical (unpaired) electrons. The number of nitrogens with one attached hydrogen (secondary N) is 1. The van der Waals surface area contributed by atoms with Crippen molar-refractivity contribution in [2.75, 3.05) is 20.1 Å². The molecule has 122 valence electrons. The van der Waals surface area contributed by atoms with Gasteiger partial charge in [-0.1, -0.05) is 56.0 Å². The van der Waals surface area contributed by atoms with Crippen LogP contribution in [0.4, 0.5) is 0 Å². The third-order valence-electron chi connectivity index (χ3n) is 4.27. The van der Waals surface area contributed by atoms with Crippen molar-refractivity contribution in [1.29, 1.82) is 0 Å². The van der Waals surface area contributed by atoms with Crippen molar-refractivity contribution in [3.63, 3.8) is 0 Å². The second-order valence-electron chi connectivity index (χ2n) is 6.32. The van der Waals surface area contributed by atoms with E-state index in [1.807, 2.05) is 6.07 Å². The third kappa shape index (κ3) is 6.48. The highest BCUT2D eigenvalue weighted by Gasteiger charge is 2.12. The summed E-state index contributed by atoms with van der Waals surface area (Å²) in [7, 11) is 2.12. The second-order valence-corrected chi connectivity index (χ2v) is 6.32. The molecule has 4 heteroatoms. The molecule has 1 aliphatic rings. The van der Waals surface area contributed by atoms with Gasteiger partial charge in [-0.15, -0.1) is 0 Å². The van der Waals surface area contributed by atoms with Gasteiger partial charge in [-0.3, -0.25) is 4.99 Å². The number of nitrogens with zero attached hydrogens (tertiary/aromatic N) is 2. The van der Waals surface area contributed by atoms with Gasteiger partial charge in [0.25, 0.3) is 0 Å². The average molecular weight is 302 g/mol. The quantitative estimate of drug-likeness (QED) is 0.483. The molecule has 1 fully saturated rings. The van der Waals surface area contributed by atoms with E-state index in [0.717, 1.165) is 19.6 Å². The van der Waals surface area contributed by atoms with Crippen LogP contribution in [0.25, 0.3) is 0 Å². The lowest BCUT2D eigenvalue weighted by Gasteiger charge is -2.18. The number of benzene rings is 1. The van der Waals surface area contributed by atoms with Gasteiger partial charge in [-0.25, -0.2) is 0 Å². The molecule has 0 saturated heterocycles. The van der Waals surface area contributed by atoms with Gasteiger partial charge in [0, 0.05) is 19.1 Å². The third-order valence-corrected chi connectivity index (χ3v) is 4.27.